The summed E-state index contributed by atoms with van der Waals surface area (Å²) in [4.78, 5) is 0. The molecule has 23 heavy (non-hydrogen) atoms. The van der Waals surface area contributed by atoms with Gasteiger partial charge in [0.25, 0.3) is 0 Å². The van der Waals surface area contributed by atoms with Crippen molar-refractivity contribution in [3.8, 4) is 0 Å². The van der Waals surface area contributed by atoms with Gasteiger partial charge in [-0.1, -0.05) is 0 Å². The molecule has 0 atom stereocenters. The molecule has 0 nitrogen and oxygen atoms in total. The fourth-order valence-corrected chi connectivity index (χ4v) is 8.58. The fourth-order valence-electron chi connectivity index (χ4n) is 3.54. The molecule has 0 heterocycles. The normalized spacial score (nSPS) is 12.0. The van der Waals surface area contributed by atoms with Crippen LogP contribution in [0.3, 0.4) is 0 Å². The third-order valence-electron chi connectivity index (χ3n) is 4.71. The van der Waals surface area contributed by atoms with Crippen LogP contribution in [0.2, 0.25) is 0 Å². The first-order valence-electron chi connectivity index (χ1n) is 8.54. The molecule has 0 aliphatic rings. The van der Waals surface area contributed by atoms with Crippen LogP contribution in [0.25, 0.3) is 0 Å². The Morgan fingerprint density at radius 1 is 0.565 bits per heavy atom. The summed E-state index contributed by atoms with van der Waals surface area (Å²) >= 11 is 0. The molecular weight excluding hydrogens is 295 g/mol. The zero-order chi connectivity index (χ0) is 16.0. The van der Waals surface area contributed by atoms with E-state index in [1.807, 2.05) is 0 Å². The monoisotopic (exact) mass is 320 g/mol. The molecule has 0 radical (unpaired) electrons. The summed E-state index contributed by atoms with van der Waals surface area (Å²) in [6.07, 6.45) is 3.77. The van der Waals surface area contributed by atoms with E-state index in [1.54, 1.807) is 0 Å². The predicted molar refractivity (Wildman–Crippen MR) is 106 cm³/mol. The summed E-state index contributed by atoms with van der Waals surface area (Å²) in [6, 6.07) is 33.5. The molecule has 0 aromatic heterocycles. The molecule has 3 aromatic carbocycles. The maximum atomic E-state index is 2.34. The first-order chi connectivity index (χ1) is 11.4. The third kappa shape index (κ3) is 3.23. The van der Waals surface area contributed by atoms with Gasteiger partial charge in [0, 0.05) is 0 Å². The molecule has 3 aromatic rings. The zero-order valence-corrected chi connectivity index (χ0v) is 14.8. The van der Waals surface area contributed by atoms with E-state index in [4.69, 9.17) is 0 Å². The minimum atomic E-state index is -1.94. The summed E-state index contributed by atoms with van der Waals surface area (Å²) in [6.45, 7) is 2.29. The number of benzene rings is 3. The molecule has 118 valence electrons. The molecule has 0 unspecified atom stereocenters. The van der Waals surface area contributed by atoms with Gasteiger partial charge in [-0.15, -0.1) is 0 Å². The average molecular weight is 320 g/mol. The first-order valence-corrected chi connectivity index (χ1v) is 10.7. The van der Waals surface area contributed by atoms with Crippen molar-refractivity contribution in [2.24, 2.45) is 0 Å². The van der Waals surface area contributed by atoms with Gasteiger partial charge in [-0.2, -0.15) is 0 Å². The van der Waals surface area contributed by atoms with Crippen molar-refractivity contribution in [3.05, 3.63) is 91.0 Å². The van der Waals surface area contributed by atoms with Crippen LogP contribution >= 0.6 is 7.26 Å². The molecule has 0 N–H and O–H groups in total. The summed E-state index contributed by atoms with van der Waals surface area (Å²) < 4.78 is 0. The van der Waals surface area contributed by atoms with Gasteiger partial charge in [-0.25, -0.2) is 0 Å². The molecule has 0 saturated heterocycles. The van der Waals surface area contributed by atoms with Crippen LogP contribution in [-0.2, 0) is 0 Å². The van der Waals surface area contributed by atoms with Gasteiger partial charge in [0.2, 0.25) is 0 Å². The van der Waals surface area contributed by atoms with Crippen molar-refractivity contribution in [1.29, 1.82) is 0 Å². The van der Waals surface area contributed by atoms with Crippen molar-refractivity contribution in [3.63, 3.8) is 0 Å². The third-order valence-corrected chi connectivity index (χ3v) is 9.77. The minimum absolute atomic E-state index is 1.24. The maximum absolute atomic E-state index is 2.34. The Morgan fingerprint density at radius 2 is 0.913 bits per heavy atom. The van der Waals surface area contributed by atoms with Gasteiger partial charge in [0.05, 0.1) is 0 Å². The topological polar surface area (TPSA) is 0 Å². The number of hydrogen-bond acceptors (Lipinski definition) is 0. The fraction of sp³-hybridized carbons (Fsp3) is 0.182. The van der Waals surface area contributed by atoms with Crippen molar-refractivity contribution >= 4 is 23.2 Å². The van der Waals surface area contributed by atoms with Crippen LogP contribution in [0, 0.1) is 0 Å². The Kier molecular flexibility index (Phi) is 5.26. The van der Waals surface area contributed by atoms with E-state index in [2.05, 4.69) is 97.9 Å². The molecule has 0 amide bonds. The van der Waals surface area contributed by atoms with Crippen LogP contribution in [0.4, 0.5) is 0 Å². The summed E-state index contributed by atoms with van der Waals surface area (Å²) in [5.74, 6) is 0. The Balaban J connectivity index is 2.25. The predicted octanol–water partition coefficient (Wildman–Crippen LogP) is 4.51. The summed E-state index contributed by atoms with van der Waals surface area (Å²) in [7, 11) is -1.94. The molecule has 3 rings (SSSR count). The van der Waals surface area contributed by atoms with Crippen molar-refractivity contribution in [2.75, 3.05) is 6.16 Å². The van der Waals surface area contributed by atoms with Crippen LogP contribution in [0.1, 0.15) is 19.8 Å². The van der Waals surface area contributed by atoms with Crippen LogP contribution in [0.15, 0.2) is 91.0 Å². The van der Waals surface area contributed by atoms with Crippen LogP contribution in [0.5, 0.6) is 0 Å². The number of hydrogen-bond donors (Lipinski definition) is 0. The van der Waals surface area contributed by atoms with E-state index in [0.29, 0.717) is 0 Å². The standard InChI is InChI=1S/C22H25P/c1-2-3-19-23(20-13-7-4-8-14-20,21-15-9-5-10-16-21)22-17-11-6-12-18-22/h4-18,23H,2-3,19H2,1H3. The van der Waals surface area contributed by atoms with E-state index >= 15 is 0 Å². The van der Waals surface area contributed by atoms with Crippen molar-refractivity contribution in [1.82, 2.24) is 0 Å². The Hall–Kier alpha value is -1.91. The Bertz CT molecular complexity index is 608. The van der Waals surface area contributed by atoms with Gasteiger partial charge in [0.15, 0.2) is 0 Å². The average Bonchev–Trinajstić information content (AvgIpc) is 2.65. The second-order valence-corrected chi connectivity index (χ2v) is 10.1. The second kappa shape index (κ2) is 7.57. The molecule has 0 fully saturated rings. The van der Waals surface area contributed by atoms with E-state index < -0.39 is 7.26 Å². The number of unbranched alkanes of at least 4 members (excludes halogenated alkanes) is 1. The SMILES string of the molecule is CCCC[PH](c1ccccc1)(c1ccccc1)c1ccccc1. The molecule has 0 saturated carbocycles. The van der Waals surface area contributed by atoms with Gasteiger partial charge in [-0.05, 0) is 0 Å². The van der Waals surface area contributed by atoms with Crippen molar-refractivity contribution < 1.29 is 0 Å². The molecule has 0 aliphatic carbocycles. The van der Waals surface area contributed by atoms with Gasteiger partial charge < -0.3 is 0 Å². The molecular formula is C22H25P. The zero-order valence-electron chi connectivity index (χ0n) is 13.8. The van der Waals surface area contributed by atoms with E-state index in [0.717, 1.165) is 0 Å². The second-order valence-electron chi connectivity index (χ2n) is 6.11. The molecule has 0 spiro atoms. The molecule has 1 heteroatoms. The van der Waals surface area contributed by atoms with Crippen LogP contribution < -0.4 is 15.9 Å². The molecule has 0 bridgehead atoms. The van der Waals surface area contributed by atoms with Crippen LogP contribution in [-0.4, -0.2) is 6.16 Å². The van der Waals surface area contributed by atoms with Crippen molar-refractivity contribution in [2.45, 2.75) is 19.8 Å². The van der Waals surface area contributed by atoms with Gasteiger partial charge >= 0.3 is 140 Å². The quantitative estimate of drug-likeness (QED) is 0.586. The summed E-state index contributed by atoms with van der Waals surface area (Å²) in [5.41, 5.74) is 0. The number of rotatable bonds is 6. The Labute approximate surface area is 140 Å². The first kappa shape index (κ1) is 16.0. The van der Waals surface area contributed by atoms with E-state index in [9.17, 15) is 0 Å². The Morgan fingerprint density at radius 3 is 1.22 bits per heavy atom. The van der Waals surface area contributed by atoms with Gasteiger partial charge in [-0.3, -0.25) is 0 Å². The van der Waals surface area contributed by atoms with E-state index in [-0.39, 0.29) is 0 Å². The summed E-state index contributed by atoms with van der Waals surface area (Å²) in [5, 5.41) is 4.56. The van der Waals surface area contributed by atoms with E-state index in [1.165, 1.54) is 34.9 Å². The molecule has 0 aliphatic heterocycles. The van der Waals surface area contributed by atoms with Gasteiger partial charge in [0.1, 0.15) is 0 Å².